The van der Waals surface area contributed by atoms with E-state index >= 15 is 0 Å². The summed E-state index contributed by atoms with van der Waals surface area (Å²) >= 11 is 0. The molecule has 2 heterocycles. The lowest BCUT2D eigenvalue weighted by Crippen LogP contribution is -3.14. The summed E-state index contributed by atoms with van der Waals surface area (Å²) in [7, 11) is 0. The van der Waals surface area contributed by atoms with Crippen LogP contribution in [0.5, 0.6) is 0 Å². The van der Waals surface area contributed by atoms with Gasteiger partial charge < -0.3 is 10.6 Å². The van der Waals surface area contributed by atoms with Crippen LogP contribution < -0.4 is 26.8 Å². The van der Waals surface area contributed by atoms with Crippen molar-refractivity contribution in [2.75, 3.05) is 36.8 Å². The largest absolute Gasteiger partial charge is 0.383 e. The van der Waals surface area contributed by atoms with E-state index in [-0.39, 0.29) is 17.4 Å². The summed E-state index contributed by atoms with van der Waals surface area (Å²) in [6.45, 7) is 9.05. The Hall–Kier alpha value is -2.09. The number of nitrogens with zero attached hydrogens (tertiary/aromatic N) is 2. The number of unbranched alkanes of at least 4 members (excludes halogenated alkanes) is 1. The van der Waals surface area contributed by atoms with Gasteiger partial charge in [0.25, 0.3) is 11.5 Å². The van der Waals surface area contributed by atoms with E-state index in [1.165, 1.54) is 20.8 Å². The molecule has 0 spiro atoms. The molecule has 1 fully saturated rings. The molecule has 1 aromatic rings. The highest BCUT2D eigenvalue weighted by Crippen LogP contribution is 2.17. The zero-order valence-electron chi connectivity index (χ0n) is 16.1. The van der Waals surface area contributed by atoms with Gasteiger partial charge in [0.1, 0.15) is 5.82 Å². The second kappa shape index (κ2) is 9.02. The van der Waals surface area contributed by atoms with Crippen molar-refractivity contribution in [3.63, 3.8) is 0 Å². The Labute approximate surface area is 154 Å². The lowest BCUT2D eigenvalue weighted by atomic mass is 10.0. The summed E-state index contributed by atoms with van der Waals surface area (Å²) in [6.07, 6.45) is 3.98. The minimum Gasteiger partial charge on any atom is -0.383 e. The molecule has 1 aliphatic heterocycles. The zero-order chi connectivity index (χ0) is 19.3. The van der Waals surface area contributed by atoms with Crippen LogP contribution in [-0.4, -0.2) is 41.6 Å². The van der Waals surface area contributed by atoms with Crippen LogP contribution >= 0.6 is 0 Å². The van der Waals surface area contributed by atoms with Gasteiger partial charge in [-0.1, -0.05) is 20.3 Å². The number of carbonyl (C=O) groups excluding carboxylic acids is 1. The first-order valence-corrected chi connectivity index (χ1v) is 9.65. The molecule has 4 N–H and O–H groups in total. The van der Waals surface area contributed by atoms with Crippen molar-refractivity contribution < 1.29 is 9.69 Å². The van der Waals surface area contributed by atoms with Crippen LogP contribution in [0, 0.1) is 5.92 Å². The second-order valence-electron chi connectivity index (χ2n) is 7.26. The molecule has 1 aliphatic rings. The molecule has 1 amide bonds. The first kappa shape index (κ1) is 20.2. The summed E-state index contributed by atoms with van der Waals surface area (Å²) in [5.74, 6) is 0.546. The van der Waals surface area contributed by atoms with E-state index in [0.29, 0.717) is 25.6 Å². The van der Waals surface area contributed by atoms with Crippen molar-refractivity contribution in [2.24, 2.45) is 5.92 Å². The minimum absolute atomic E-state index is 0.0735. The highest BCUT2D eigenvalue weighted by Gasteiger charge is 2.28. The Morgan fingerprint density at radius 1 is 1.38 bits per heavy atom. The molecule has 2 atom stereocenters. The molecule has 0 aliphatic carbocycles. The normalized spacial score (nSPS) is 20.1. The maximum Gasteiger partial charge on any atom is 0.330 e. The second-order valence-corrected chi connectivity index (χ2v) is 7.26. The van der Waals surface area contributed by atoms with E-state index in [9.17, 15) is 14.4 Å². The van der Waals surface area contributed by atoms with Gasteiger partial charge in [-0.25, -0.2) is 4.79 Å². The van der Waals surface area contributed by atoms with Gasteiger partial charge in [-0.2, -0.15) is 0 Å². The maximum atomic E-state index is 12.9. The van der Waals surface area contributed by atoms with Gasteiger partial charge in [-0.05, 0) is 26.2 Å². The lowest BCUT2D eigenvalue weighted by Gasteiger charge is -2.29. The van der Waals surface area contributed by atoms with Crippen molar-refractivity contribution in [1.82, 2.24) is 9.55 Å². The van der Waals surface area contributed by atoms with E-state index in [4.69, 9.17) is 5.73 Å². The van der Waals surface area contributed by atoms with E-state index < -0.39 is 11.2 Å². The number of nitrogen functional groups attached to an aromatic ring is 1. The number of quaternary nitrogens is 1. The number of likely N-dealkylation sites (tertiary alicyclic amines) is 1. The van der Waals surface area contributed by atoms with Crippen LogP contribution in [0.15, 0.2) is 9.59 Å². The molecular weight excluding hydrogens is 334 g/mol. The van der Waals surface area contributed by atoms with E-state index in [1.807, 2.05) is 13.8 Å². The van der Waals surface area contributed by atoms with Crippen molar-refractivity contribution in [3.8, 4) is 0 Å². The van der Waals surface area contributed by atoms with E-state index in [1.54, 1.807) is 0 Å². The predicted molar refractivity (Wildman–Crippen MR) is 103 cm³/mol. The van der Waals surface area contributed by atoms with E-state index in [0.717, 1.165) is 32.4 Å². The first-order valence-electron chi connectivity index (χ1n) is 9.65. The number of H-pyrrole nitrogens is 1. The van der Waals surface area contributed by atoms with Gasteiger partial charge in [0, 0.05) is 19.0 Å². The molecule has 0 radical (unpaired) electrons. The molecule has 1 unspecified atom stereocenters. The van der Waals surface area contributed by atoms with Crippen LogP contribution in [-0.2, 0) is 11.3 Å². The SMILES string of the molecule is CCCCn1c(N)c(N(CC)C(=O)C[NH+]2CCC[C@H](C)C2)c(=O)[nH]c1=O. The maximum absolute atomic E-state index is 12.9. The van der Waals surface area contributed by atoms with Gasteiger partial charge >= 0.3 is 5.69 Å². The summed E-state index contributed by atoms with van der Waals surface area (Å²) in [5.41, 5.74) is 5.11. The van der Waals surface area contributed by atoms with Crippen LogP contribution in [0.25, 0.3) is 0 Å². The van der Waals surface area contributed by atoms with Gasteiger partial charge in [-0.3, -0.25) is 24.0 Å². The molecule has 26 heavy (non-hydrogen) atoms. The van der Waals surface area contributed by atoms with Crippen LogP contribution in [0.4, 0.5) is 11.5 Å². The molecule has 1 saturated heterocycles. The predicted octanol–water partition coefficient (Wildman–Crippen LogP) is -0.413. The molecule has 1 aromatic heterocycles. The molecule has 8 heteroatoms. The smallest absolute Gasteiger partial charge is 0.330 e. The summed E-state index contributed by atoms with van der Waals surface area (Å²) in [5, 5.41) is 0. The molecule has 146 valence electrons. The third-order valence-electron chi connectivity index (χ3n) is 5.10. The van der Waals surface area contributed by atoms with Crippen molar-refractivity contribution in [3.05, 3.63) is 20.8 Å². The van der Waals surface area contributed by atoms with E-state index in [2.05, 4.69) is 11.9 Å². The third kappa shape index (κ3) is 4.55. The first-order chi connectivity index (χ1) is 12.4. The number of nitrogens with two attached hydrogens (primary N) is 1. The number of likely N-dealkylation sites (N-methyl/N-ethyl adjacent to an activating group) is 1. The number of hydrogen-bond donors (Lipinski definition) is 3. The number of piperidine rings is 1. The summed E-state index contributed by atoms with van der Waals surface area (Å²) in [6, 6.07) is 0. The zero-order valence-corrected chi connectivity index (χ0v) is 16.1. The monoisotopic (exact) mass is 366 g/mol. The fourth-order valence-corrected chi connectivity index (χ4v) is 3.70. The summed E-state index contributed by atoms with van der Waals surface area (Å²) in [4.78, 5) is 42.3. The van der Waals surface area contributed by atoms with Gasteiger partial charge in [0.2, 0.25) is 0 Å². The van der Waals surface area contributed by atoms with Crippen molar-refractivity contribution in [1.29, 1.82) is 0 Å². The number of nitrogens with one attached hydrogen (secondary N) is 2. The standard InChI is InChI=1S/C18H31N5O3/c1-4-6-10-23-16(19)15(17(25)20-18(23)26)22(5-2)14(24)12-21-9-7-8-13(3)11-21/h13H,4-12,19H2,1-3H3,(H,20,25,26)/p+1/t13-/m0/s1. The van der Waals surface area contributed by atoms with Gasteiger partial charge in [0.15, 0.2) is 12.2 Å². The number of aromatic amines is 1. The summed E-state index contributed by atoms with van der Waals surface area (Å²) < 4.78 is 1.35. The van der Waals surface area contributed by atoms with Gasteiger partial charge in [-0.15, -0.1) is 0 Å². The highest BCUT2D eigenvalue weighted by molar-refractivity contribution is 5.96. The highest BCUT2D eigenvalue weighted by atomic mass is 16.2. The topological polar surface area (TPSA) is 106 Å². The fraction of sp³-hybridized carbons (Fsp3) is 0.722. The Bertz CT molecular complexity index is 739. The average Bonchev–Trinajstić information content (AvgIpc) is 2.58. The average molecular weight is 366 g/mol. The molecule has 0 aromatic carbocycles. The number of rotatable bonds is 7. The number of aromatic nitrogens is 2. The van der Waals surface area contributed by atoms with Crippen molar-refractivity contribution in [2.45, 2.75) is 53.0 Å². The molecular formula is C18H32N5O3+. The molecule has 8 nitrogen and oxygen atoms in total. The van der Waals surface area contributed by atoms with Gasteiger partial charge in [0.05, 0.1) is 13.1 Å². The minimum atomic E-state index is -0.600. The Morgan fingerprint density at radius 2 is 2.12 bits per heavy atom. The van der Waals surface area contributed by atoms with Crippen LogP contribution in [0.3, 0.4) is 0 Å². The number of hydrogen-bond acceptors (Lipinski definition) is 4. The number of carbonyl (C=O) groups is 1. The van der Waals surface area contributed by atoms with Crippen LogP contribution in [0.2, 0.25) is 0 Å². The van der Waals surface area contributed by atoms with Crippen molar-refractivity contribution >= 4 is 17.4 Å². The Morgan fingerprint density at radius 3 is 2.73 bits per heavy atom. The fourth-order valence-electron chi connectivity index (χ4n) is 3.70. The third-order valence-corrected chi connectivity index (χ3v) is 5.10. The quantitative estimate of drug-likeness (QED) is 0.610. The van der Waals surface area contributed by atoms with Crippen LogP contribution in [0.1, 0.15) is 46.5 Å². The molecule has 2 rings (SSSR count). The molecule has 0 saturated carbocycles. The number of amides is 1. The Balaban J connectivity index is 2.29. The molecule has 0 bridgehead atoms. The Kier molecular flexibility index (Phi) is 7.02. The lowest BCUT2D eigenvalue weighted by molar-refractivity contribution is -0.900. The number of anilines is 2.